The Bertz CT molecular complexity index is 361. The number of benzene rings is 1. The van der Waals surface area contributed by atoms with E-state index in [0.29, 0.717) is 5.02 Å². The highest BCUT2D eigenvalue weighted by Crippen LogP contribution is 2.26. The molecule has 0 radical (unpaired) electrons. The number of aryl methyl sites for hydroxylation is 1. The monoisotopic (exact) mass is 214 g/mol. The summed E-state index contributed by atoms with van der Waals surface area (Å²) in [5, 5.41) is 9.89. The van der Waals surface area contributed by atoms with E-state index in [2.05, 4.69) is 0 Å². The third-order valence-electron chi connectivity index (χ3n) is 1.77. The molecule has 0 atom stereocenters. The lowest BCUT2D eigenvalue weighted by molar-refractivity contribution is 0.0523. The highest BCUT2D eigenvalue weighted by Gasteiger charge is 2.13. The predicted molar refractivity (Wildman–Crippen MR) is 53.8 cm³/mol. The first-order chi connectivity index (χ1) is 6.56. The number of hydrogen-bond donors (Lipinski definition) is 1. The second-order valence-electron chi connectivity index (χ2n) is 2.84. The molecule has 1 N–H and O–H groups in total. The largest absolute Gasteiger partial charge is 0.507 e. The molecular weight excluding hydrogens is 204 g/mol. The maximum atomic E-state index is 11.3. The molecule has 4 heteroatoms. The molecule has 0 aliphatic rings. The van der Waals surface area contributed by atoms with Gasteiger partial charge in [-0.05, 0) is 31.5 Å². The number of phenolic OH excluding ortho intramolecular Hbond substituents is 1. The molecule has 0 aliphatic carbocycles. The Morgan fingerprint density at radius 3 is 2.79 bits per heavy atom. The average molecular weight is 215 g/mol. The molecule has 0 aromatic heterocycles. The van der Waals surface area contributed by atoms with Gasteiger partial charge in [0.25, 0.3) is 0 Å². The van der Waals surface area contributed by atoms with E-state index in [1.165, 1.54) is 12.1 Å². The Kier molecular flexibility index (Phi) is 3.36. The van der Waals surface area contributed by atoms with Crippen LogP contribution in [0.15, 0.2) is 12.1 Å². The minimum atomic E-state index is -0.563. The summed E-state index contributed by atoms with van der Waals surface area (Å²) >= 11 is 5.81. The van der Waals surface area contributed by atoms with E-state index in [-0.39, 0.29) is 17.9 Å². The van der Waals surface area contributed by atoms with Gasteiger partial charge in [-0.25, -0.2) is 4.79 Å². The zero-order chi connectivity index (χ0) is 10.7. The molecule has 0 aliphatic heterocycles. The molecule has 1 rings (SSSR count). The quantitative estimate of drug-likeness (QED) is 0.770. The Hall–Kier alpha value is -1.22. The fourth-order valence-corrected chi connectivity index (χ4v) is 1.20. The molecule has 3 nitrogen and oxygen atoms in total. The Labute approximate surface area is 87.3 Å². The summed E-state index contributed by atoms with van der Waals surface area (Å²) in [6, 6.07) is 2.85. The third kappa shape index (κ3) is 2.17. The zero-order valence-corrected chi connectivity index (χ0v) is 8.76. The number of halogens is 1. The molecular formula is C10H11ClO3. The van der Waals surface area contributed by atoms with E-state index in [1.807, 2.05) is 0 Å². The van der Waals surface area contributed by atoms with Crippen molar-refractivity contribution in [3.05, 3.63) is 28.3 Å². The summed E-state index contributed by atoms with van der Waals surface area (Å²) in [6.45, 7) is 3.71. The molecule has 0 spiro atoms. The summed E-state index contributed by atoms with van der Waals surface area (Å²) in [6.07, 6.45) is 0. The molecule has 1 aromatic carbocycles. The van der Waals surface area contributed by atoms with Crippen LogP contribution in [-0.2, 0) is 4.74 Å². The number of esters is 1. The Balaban J connectivity index is 3.09. The van der Waals surface area contributed by atoms with Crippen LogP contribution in [0.3, 0.4) is 0 Å². The maximum absolute atomic E-state index is 11.3. The van der Waals surface area contributed by atoms with Crippen LogP contribution < -0.4 is 0 Å². The number of phenols is 1. The van der Waals surface area contributed by atoms with Gasteiger partial charge in [-0.2, -0.15) is 0 Å². The molecule has 0 fully saturated rings. The molecule has 0 bridgehead atoms. The molecule has 0 saturated carbocycles. The van der Waals surface area contributed by atoms with Crippen molar-refractivity contribution >= 4 is 17.6 Å². The van der Waals surface area contributed by atoms with E-state index in [1.54, 1.807) is 13.8 Å². The Morgan fingerprint density at radius 1 is 1.57 bits per heavy atom. The second-order valence-corrected chi connectivity index (χ2v) is 3.25. The maximum Gasteiger partial charge on any atom is 0.341 e. The lowest BCUT2D eigenvalue weighted by Crippen LogP contribution is -2.05. The zero-order valence-electron chi connectivity index (χ0n) is 8.00. The smallest absolute Gasteiger partial charge is 0.341 e. The standard InChI is InChI=1S/C10H11ClO3/c1-3-14-10(13)7-5-8(11)6(2)4-9(7)12/h4-5,12H,3H2,1-2H3. The van der Waals surface area contributed by atoms with Crippen molar-refractivity contribution in [3.8, 4) is 5.75 Å². The molecule has 76 valence electrons. The van der Waals surface area contributed by atoms with Crippen LogP contribution in [0, 0.1) is 6.92 Å². The van der Waals surface area contributed by atoms with Crippen molar-refractivity contribution in [1.29, 1.82) is 0 Å². The van der Waals surface area contributed by atoms with Crippen LogP contribution in [0.2, 0.25) is 5.02 Å². The van der Waals surface area contributed by atoms with E-state index >= 15 is 0 Å². The molecule has 14 heavy (non-hydrogen) atoms. The van der Waals surface area contributed by atoms with Gasteiger partial charge < -0.3 is 9.84 Å². The highest BCUT2D eigenvalue weighted by atomic mass is 35.5. The van der Waals surface area contributed by atoms with Crippen molar-refractivity contribution in [2.24, 2.45) is 0 Å². The van der Waals surface area contributed by atoms with Gasteiger partial charge in [0.2, 0.25) is 0 Å². The highest BCUT2D eigenvalue weighted by molar-refractivity contribution is 6.31. The van der Waals surface area contributed by atoms with Crippen molar-refractivity contribution in [3.63, 3.8) is 0 Å². The molecule has 1 aromatic rings. The fourth-order valence-electron chi connectivity index (χ4n) is 1.04. The fraction of sp³-hybridized carbons (Fsp3) is 0.300. The van der Waals surface area contributed by atoms with Crippen LogP contribution in [-0.4, -0.2) is 17.7 Å². The number of ether oxygens (including phenoxy) is 1. The van der Waals surface area contributed by atoms with E-state index < -0.39 is 5.97 Å². The molecule has 0 amide bonds. The summed E-state index contributed by atoms with van der Waals surface area (Å²) in [7, 11) is 0. The minimum absolute atomic E-state index is 0.0995. The summed E-state index contributed by atoms with van der Waals surface area (Å²) in [5.41, 5.74) is 0.819. The first-order valence-corrected chi connectivity index (χ1v) is 4.60. The van der Waals surface area contributed by atoms with Crippen LogP contribution in [0.25, 0.3) is 0 Å². The van der Waals surface area contributed by atoms with Crippen molar-refractivity contribution in [2.75, 3.05) is 6.61 Å². The first-order valence-electron chi connectivity index (χ1n) is 4.22. The number of carbonyl (C=O) groups is 1. The SMILES string of the molecule is CCOC(=O)c1cc(Cl)c(C)cc1O. The van der Waals surface area contributed by atoms with Gasteiger partial charge in [0, 0.05) is 5.02 Å². The van der Waals surface area contributed by atoms with Gasteiger partial charge in [-0.15, -0.1) is 0 Å². The van der Waals surface area contributed by atoms with E-state index in [0.717, 1.165) is 5.56 Å². The summed E-state index contributed by atoms with van der Waals surface area (Å²) < 4.78 is 4.75. The van der Waals surface area contributed by atoms with Gasteiger partial charge in [0.05, 0.1) is 6.61 Å². The Morgan fingerprint density at radius 2 is 2.21 bits per heavy atom. The first kappa shape index (κ1) is 10.9. The molecule has 0 heterocycles. The normalized spacial score (nSPS) is 9.93. The van der Waals surface area contributed by atoms with E-state index in [4.69, 9.17) is 16.3 Å². The number of rotatable bonds is 2. The van der Waals surface area contributed by atoms with Crippen molar-refractivity contribution < 1.29 is 14.6 Å². The van der Waals surface area contributed by atoms with Gasteiger partial charge in [-0.3, -0.25) is 0 Å². The summed E-state index contributed by atoms with van der Waals surface area (Å²) in [4.78, 5) is 11.3. The van der Waals surface area contributed by atoms with Crippen molar-refractivity contribution in [1.82, 2.24) is 0 Å². The van der Waals surface area contributed by atoms with Gasteiger partial charge in [0.15, 0.2) is 0 Å². The van der Waals surface area contributed by atoms with Gasteiger partial charge in [0.1, 0.15) is 11.3 Å². The van der Waals surface area contributed by atoms with Crippen LogP contribution in [0.1, 0.15) is 22.8 Å². The van der Waals surface area contributed by atoms with E-state index in [9.17, 15) is 9.90 Å². The van der Waals surface area contributed by atoms with Crippen LogP contribution >= 0.6 is 11.6 Å². The van der Waals surface area contributed by atoms with Crippen LogP contribution in [0.4, 0.5) is 0 Å². The van der Waals surface area contributed by atoms with Gasteiger partial charge in [-0.1, -0.05) is 11.6 Å². The lowest BCUT2D eigenvalue weighted by Gasteiger charge is -2.06. The summed E-state index contributed by atoms with van der Waals surface area (Å²) in [5.74, 6) is -0.669. The molecule has 0 saturated heterocycles. The van der Waals surface area contributed by atoms with Crippen LogP contribution in [0.5, 0.6) is 5.75 Å². The number of carbonyl (C=O) groups excluding carboxylic acids is 1. The number of hydrogen-bond acceptors (Lipinski definition) is 3. The second kappa shape index (κ2) is 4.33. The minimum Gasteiger partial charge on any atom is -0.507 e. The van der Waals surface area contributed by atoms with Gasteiger partial charge >= 0.3 is 5.97 Å². The molecule has 0 unspecified atom stereocenters. The topological polar surface area (TPSA) is 46.5 Å². The lowest BCUT2D eigenvalue weighted by atomic mass is 10.1. The van der Waals surface area contributed by atoms with Crippen molar-refractivity contribution in [2.45, 2.75) is 13.8 Å². The third-order valence-corrected chi connectivity index (χ3v) is 2.18. The average Bonchev–Trinajstić information content (AvgIpc) is 2.11. The predicted octanol–water partition coefficient (Wildman–Crippen LogP) is 2.53. The number of aromatic hydroxyl groups is 1.